The topological polar surface area (TPSA) is 71.0 Å². The highest BCUT2D eigenvalue weighted by atomic mass is 16.6. The Morgan fingerprint density at radius 3 is 2.15 bits per heavy atom. The van der Waals surface area contributed by atoms with Crippen molar-refractivity contribution in [2.75, 3.05) is 14.2 Å². The van der Waals surface area contributed by atoms with Crippen LogP contribution in [-0.4, -0.2) is 32.3 Å². The van der Waals surface area contributed by atoms with Crippen LogP contribution in [0.25, 0.3) is 0 Å². The molecule has 0 aliphatic heterocycles. The second-order valence-electron chi connectivity index (χ2n) is 2.81. The van der Waals surface area contributed by atoms with E-state index in [1.54, 1.807) is 13.8 Å². The zero-order chi connectivity index (χ0) is 10.4. The number of aliphatic imine (C=N–C) groups is 1. The standard InChI is InChI=1S/C8H15NO4/c1-5(2)6(7(10)12-3)9-8(11)13-4/h5-6H,1-4H3,(H,9,11)/p-1/t6-/m0/s1. The largest absolute Gasteiger partial charge is 0.604 e. The van der Waals surface area contributed by atoms with Crippen molar-refractivity contribution >= 4 is 12.1 Å². The molecule has 0 aromatic carbocycles. The first-order valence-electron chi connectivity index (χ1n) is 3.89. The van der Waals surface area contributed by atoms with Gasteiger partial charge in [-0.25, -0.2) is 4.79 Å². The van der Waals surface area contributed by atoms with Crippen LogP contribution in [-0.2, 0) is 14.3 Å². The van der Waals surface area contributed by atoms with Gasteiger partial charge in [-0.1, -0.05) is 13.8 Å². The Morgan fingerprint density at radius 1 is 1.31 bits per heavy atom. The molecule has 0 N–H and O–H groups in total. The number of carbonyl (C=O) groups excluding carboxylic acids is 1. The number of hydrogen-bond acceptors (Lipinski definition) is 5. The maximum absolute atomic E-state index is 11.1. The molecule has 0 saturated carbocycles. The molecule has 5 heteroatoms. The zero-order valence-electron chi connectivity index (χ0n) is 8.23. The summed E-state index contributed by atoms with van der Waals surface area (Å²) in [5.74, 6) is -0.619. The van der Waals surface area contributed by atoms with Crippen LogP contribution >= 0.6 is 0 Å². The van der Waals surface area contributed by atoms with E-state index < -0.39 is 18.1 Å². The van der Waals surface area contributed by atoms with Gasteiger partial charge >= 0.3 is 5.97 Å². The van der Waals surface area contributed by atoms with Gasteiger partial charge in [0.2, 0.25) is 0 Å². The molecule has 0 fully saturated rings. The summed E-state index contributed by atoms with van der Waals surface area (Å²) in [5, 5.41) is 10.8. The average Bonchev–Trinajstić information content (AvgIpc) is 2.11. The summed E-state index contributed by atoms with van der Waals surface area (Å²) in [5.41, 5.74) is 0. The fraction of sp³-hybridized carbons (Fsp3) is 0.750. The second-order valence-corrected chi connectivity index (χ2v) is 2.81. The lowest BCUT2D eigenvalue weighted by atomic mass is 10.1. The first kappa shape index (κ1) is 11.7. The minimum Gasteiger partial charge on any atom is -0.604 e. The number of rotatable bonds is 3. The van der Waals surface area contributed by atoms with Gasteiger partial charge in [-0.15, -0.1) is 0 Å². The van der Waals surface area contributed by atoms with Crippen molar-refractivity contribution in [1.29, 1.82) is 0 Å². The lowest BCUT2D eigenvalue weighted by Crippen LogP contribution is -2.31. The number of methoxy groups -OCH3 is 2. The van der Waals surface area contributed by atoms with E-state index in [4.69, 9.17) is 0 Å². The lowest BCUT2D eigenvalue weighted by molar-refractivity contribution is -0.248. The third-order valence-corrected chi connectivity index (χ3v) is 1.49. The molecule has 5 nitrogen and oxygen atoms in total. The van der Waals surface area contributed by atoms with Crippen LogP contribution in [0.3, 0.4) is 0 Å². The molecule has 0 saturated heterocycles. The van der Waals surface area contributed by atoms with Crippen molar-refractivity contribution in [2.24, 2.45) is 10.9 Å². The fourth-order valence-corrected chi connectivity index (χ4v) is 0.761. The lowest BCUT2D eigenvalue weighted by Gasteiger charge is -2.16. The highest BCUT2D eigenvalue weighted by Crippen LogP contribution is 2.07. The third kappa shape index (κ3) is 3.78. The molecular weight excluding hydrogens is 174 g/mol. The predicted octanol–water partition coefficient (Wildman–Crippen LogP) is -0.453. The van der Waals surface area contributed by atoms with Crippen LogP contribution in [0.15, 0.2) is 4.99 Å². The van der Waals surface area contributed by atoms with E-state index in [9.17, 15) is 9.90 Å². The molecule has 0 radical (unpaired) electrons. The van der Waals surface area contributed by atoms with E-state index in [2.05, 4.69) is 14.5 Å². The Labute approximate surface area is 77.4 Å². The van der Waals surface area contributed by atoms with Gasteiger partial charge in [-0.05, 0) is 13.0 Å². The Bertz CT molecular complexity index is 200. The maximum atomic E-state index is 11.1. The van der Waals surface area contributed by atoms with Crippen molar-refractivity contribution < 1.29 is 19.4 Å². The van der Waals surface area contributed by atoms with E-state index in [-0.39, 0.29) is 5.92 Å². The minimum atomic E-state index is -0.780. The van der Waals surface area contributed by atoms with Crippen LogP contribution in [0.4, 0.5) is 0 Å². The number of hydrogen-bond donors (Lipinski definition) is 0. The summed E-state index contributed by atoms with van der Waals surface area (Å²) in [6.07, 6.45) is -0.760. The first-order valence-corrected chi connectivity index (χ1v) is 3.89. The molecule has 0 unspecified atom stereocenters. The Hall–Kier alpha value is -1.26. The Balaban J connectivity index is 4.53. The molecule has 1 atom stereocenters. The number of ether oxygens (including phenoxy) is 2. The van der Waals surface area contributed by atoms with Crippen LogP contribution in [0.1, 0.15) is 13.8 Å². The molecule has 76 valence electrons. The summed E-state index contributed by atoms with van der Waals surface area (Å²) >= 11 is 0. The summed E-state index contributed by atoms with van der Waals surface area (Å²) in [6, 6.07) is -0.780. The molecule has 0 rings (SSSR count). The highest BCUT2D eigenvalue weighted by molar-refractivity contribution is 5.78. The Kier molecular flexibility index (Phi) is 4.87. The maximum Gasteiger partial charge on any atom is 0.330 e. The van der Waals surface area contributed by atoms with Gasteiger partial charge in [0.25, 0.3) is 0 Å². The quantitative estimate of drug-likeness (QED) is 0.341. The molecule has 0 bridgehead atoms. The number of carbonyl (C=O) groups is 1. The third-order valence-electron chi connectivity index (χ3n) is 1.49. The van der Waals surface area contributed by atoms with Crippen LogP contribution in [0.5, 0.6) is 0 Å². The molecule has 0 spiro atoms. The van der Waals surface area contributed by atoms with Crippen LogP contribution < -0.4 is 5.11 Å². The number of nitrogens with zero attached hydrogens (tertiary/aromatic N) is 1. The highest BCUT2D eigenvalue weighted by Gasteiger charge is 2.21. The summed E-state index contributed by atoms with van der Waals surface area (Å²) < 4.78 is 8.79. The van der Waals surface area contributed by atoms with E-state index in [1.165, 1.54) is 14.2 Å². The smallest absolute Gasteiger partial charge is 0.330 e. The predicted molar refractivity (Wildman–Crippen MR) is 45.1 cm³/mol. The van der Waals surface area contributed by atoms with Gasteiger partial charge < -0.3 is 14.6 Å². The van der Waals surface area contributed by atoms with Gasteiger partial charge in [0.15, 0.2) is 6.04 Å². The zero-order valence-corrected chi connectivity index (χ0v) is 8.23. The van der Waals surface area contributed by atoms with E-state index in [0.29, 0.717) is 0 Å². The van der Waals surface area contributed by atoms with Gasteiger partial charge in [-0.3, -0.25) is 4.99 Å². The van der Waals surface area contributed by atoms with Gasteiger partial charge in [-0.2, -0.15) is 0 Å². The van der Waals surface area contributed by atoms with Crippen molar-refractivity contribution in [3.63, 3.8) is 0 Å². The van der Waals surface area contributed by atoms with Crippen molar-refractivity contribution in [1.82, 2.24) is 0 Å². The summed E-state index contributed by atoms with van der Waals surface area (Å²) in [7, 11) is 2.46. The normalized spacial score (nSPS) is 14.1. The minimum absolute atomic E-state index is 0.0912. The van der Waals surface area contributed by atoms with Crippen molar-refractivity contribution in [3.05, 3.63) is 0 Å². The molecule has 0 amide bonds. The van der Waals surface area contributed by atoms with E-state index >= 15 is 0 Å². The van der Waals surface area contributed by atoms with Gasteiger partial charge in [0.05, 0.1) is 7.11 Å². The van der Waals surface area contributed by atoms with E-state index in [1.807, 2.05) is 0 Å². The summed E-state index contributed by atoms with van der Waals surface area (Å²) in [6.45, 7) is 3.54. The van der Waals surface area contributed by atoms with Gasteiger partial charge in [0, 0.05) is 0 Å². The van der Waals surface area contributed by atoms with Crippen LogP contribution in [0.2, 0.25) is 0 Å². The first-order chi connectivity index (χ1) is 6.02. The molecule has 0 aliphatic carbocycles. The fourth-order valence-electron chi connectivity index (χ4n) is 0.761. The van der Waals surface area contributed by atoms with E-state index in [0.717, 1.165) is 0 Å². The van der Waals surface area contributed by atoms with Crippen molar-refractivity contribution in [2.45, 2.75) is 19.9 Å². The van der Waals surface area contributed by atoms with Crippen LogP contribution in [0, 0.1) is 5.92 Å². The second kappa shape index (κ2) is 5.40. The SMILES string of the molecule is COC(=O)[C@@H](N=C([O-])OC)C(C)C. The average molecular weight is 188 g/mol. The molecule has 0 aromatic rings. The number of esters is 1. The van der Waals surface area contributed by atoms with Crippen molar-refractivity contribution in [3.8, 4) is 0 Å². The molecular formula is C8H14NO4-. The van der Waals surface area contributed by atoms with Gasteiger partial charge in [0.1, 0.15) is 6.08 Å². The molecule has 0 heterocycles. The Morgan fingerprint density at radius 2 is 1.85 bits per heavy atom. The summed E-state index contributed by atoms with van der Waals surface area (Å²) in [4.78, 5) is 14.6. The monoisotopic (exact) mass is 188 g/mol. The molecule has 0 aliphatic rings. The molecule has 0 aromatic heterocycles. The molecule has 13 heavy (non-hydrogen) atoms.